The van der Waals surface area contributed by atoms with E-state index in [0.717, 1.165) is 23.0 Å². The lowest BCUT2D eigenvalue weighted by molar-refractivity contribution is -0.118. The van der Waals surface area contributed by atoms with Crippen LogP contribution in [-0.4, -0.2) is 47.2 Å². The molecule has 0 aliphatic rings. The van der Waals surface area contributed by atoms with Crippen LogP contribution >= 0.6 is 11.8 Å². The molecule has 1 amide bonds. The number of aromatic nitrogens is 3. The SMILES string of the molecule is CN(C)c1cccc(-c2nnc(SCC(=O)NCC#N)n2N)c1. The number of nitrogens with zero attached hydrogens (tertiary/aromatic N) is 5. The lowest BCUT2D eigenvalue weighted by Gasteiger charge is -2.13. The molecule has 23 heavy (non-hydrogen) atoms. The van der Waals surface area contributed by atoms with Crippen LogP contribution in [0.15, 0.2) is 29.4 Å². The number of anilines is 1. The van der Waals surface area contributed by atoms with Gasteiger partial charge in [-0.2, -0.15) is 5.26 Å². The third-order valence-electron chi connectivity index (χ3n) is 2.98. The molecule has 0 fully saturated rings. The van der Waals surface area contributed by atoms with E-state index in [9.17, 15) is 4.79 Å². The number of carbonyl (C=O) groups is 1. The fourth-order valence-electron chi connectivity index (χ4n) is 1.81. The topological polar surface area (TPSA) is 113 Å². The van der Waals surface area contributed by atoms with E-state index < -0.39 is 0 Å². The average molecular weight is 331 g/mol. The van der Waals surface area contributed by atoms with Gasteiger partial charge in [0.1, 0.15) is 6.54 Å². The Labute approximate surface area is 138 Å². The molecule has 0 aliphatic carbocycles. The second-order valence-electron chi connectivity index (χ2n) is 4.84. The molecule has 3 N–H and O–H groups in total. The highest BCUT2D eigenvalue weighted by Crippen LogP contribution is 2.24. The Hall–Kier alpha value is -2.73. The molecule has 0 atom stereocenters. The van der Waals surface area contributed by atoms with Crippen molar-refractivity contribution in [3.63, 3.8) is 0 Å². The number of benzene rings is 1. The van der Waals surface area contributed by atoms with Crippen molar-refractivity contribution in [2.45, 2.75) is 5.16 Å². The minimum atomic E-state index is -0.254. The van der Waals surface area contributed by atoms with Crippen molar-refractivity contribution in [1.82, 2.24) is 20.2 Å². The molecule has 0 unspecified atom stereocenters. The molecule has 120 valence electrons. The van der Waals surface area contributed by atoms with Crippen molar-refractivity contribution < 1.29 is 4.79 Å². The van der Waals surface area contributed by atoms with Gasteiger partial charge in [0.2, 0.25) is 11.1 Å². The predicted octanol–water partition coefficient (Wildman–Crippen LogP) is 0.457. The molecule has 1 aromatic heterocycles. The first kappa shape index (κ1) is 16.6. The molecule has 0 saturated carbocycles. The van der Waals surface area contributed by atoms with Crippen molar-refractivity contribution in [2.75, 3.05) is 37.1 Å². The zero-order valence-electron chi connectivity index (χ0n) is 12.9. The third kappa shape index (κ3) is 4.14. The molecular formula is C14H17N7OS. The fraction of sp³-hybridized carbons (Fsp3) is 0.286. The highest BCUT2D eigenvalue weighted by Gasteiger charge is 2.14. The van der Waals surface area contributed by atoms with Crippen molar-refractivity contribution >= 4 is 23.4 Å². The van der Waals surface area contributed by atoms with Crippen molar-refractivity contribution in [1.29, 1.82) is 5.26 Å². The fourth-order valence-corrected chi connectivity index (χ4v) is 2.50. The molecule has 8 nitrogen and oxygen atoms in total. The number of carbonyl (C=O) groups excluding carboxylic acids is 1. The van der Waals surface area contributed by atoms with Crippen LogP contribution in [0.25, 0.3) is 11.4 Å². The van der Waals surface area contributed by atoms with E-state index in [1.54, 1.807) is 0 Å². The van der Waals surface area contributed by atoms with Crippen molar-refractivity contribution in [3.05, 3.63) is 24.3 Å². The summed E-state index contributed by atoms with van der Waals surface area (Å²) in [6, 6.07) is 9.60. The lowest BCUT2D eigenvalue weighted by atomic mass is 10.2. The summed E-state index contributed by atoms with van der Waals surface area (Å²) in [5, 5.41) is 19.4. The predicted molar refractivity (Wildman–Crippen MR) is 89.3 cm³/mol. The van der Waals surface area contributed by atoms with Gasteiger partial charge in [0, 0.05) is 25.3 Å². The van der Waals surface area contributed by atoms with Gasteiger partial charge in [0.25, 0.3) is 0 Å². The van der Waals surface area contributed by atoms with Gasteiger partial charge >= 0.3 is 0 Å². The zero-order chi connectivity index (χ0) is 16.8. The number of nitrogens with two attached hydrogens (primary N) is 1. The summed E-state index contributed by atoms with van der Waals surface area (Å²) >= 11 is 1.16. The number of nitrogen functional groups attached to an aromatic ring is 1. The summed E-state index contributed by atoms with van der Waals surface area (Å²) in [4.78, 5) is 13.5. The van der Waals surface area contributed by atoms with E-state index in [2.05, 4.69) is 15.5 Å². The number of hydrogen-bond donors (Lipinski definition) is 2. The highest BCUT2D eigenvalue weighted by molar-refractivity contribution is 7.99. The summed E-state index contributed by atoms with van der Waals surface area (Å²) in [5.41, 5.74) is 1.86. The van der Waals surface area contributed by atoms with E-state index in [4.69, 9.17) is 11.1 Å². The van der Waals surface area contributed by atoms with Crippen molar-refractivity contribution in [3.8, 4) is 17.5 Å². The van der Waals surface area contributed by atoms with Gasteiger partial charge in [-0.05, 0) is 12.1 Å². The third-order valence-corrected chi connectivity index (χ3v) is 3.93. The summed E-state index contributed by atoms with van der Waals surface area (Å²) in [5.74, 6) is 6.41. The minimum absolute atomic E-state index is 0.0166. The molecular weight excluding hydrogens is 314 g/mol. The largest absolute Gasteiger partial charge is 0.378 e. The van der Waals surface area contributed by atoms with Crippen LogP contribution in [0.1, 0.15) is 0 Å². The Bertz CT molecular complexity index is 735. The van der Waals surface area contributed by atoms with E-state index in [1.807, 2.05) is 49.3 Å². The Morgan fingerprint density at radius 3 is 2.96 bits per heavy atom. The summed E-state index contributed by atoms with van der Waals surface area (Å²) in [6.07, 6.45) is 0. The van der Waals surface area contributed by atoms with Gasteiger partial charge in [0.05, 0.1) is 11.8 Å². The zero-order valence-corrected chi connectivity index (χ0v) is 13.7. The monoisotopic (exact) mass is 331 g/mol. The summed E-state index contributed by atoms with van der Waals surface area (Å²) in [7, 11) is 3.90. The molecule has 2 aromatic rings. The number of amides is 1. The first-order valence-corrected chi connectivity index (χ1v) is 7.76. The van der Waals surface area contributed by atoms with E-state index in [1.165, 1.54) is 4.68 Å². The van der Waals surface area contributed by atoms with E-state index in [-0.39, 0.29) is 18.2 Å². The van der Waals surface area contributed by atoms with Crippen LogP contribution in [0, 0.1) is 11.3 Å². The quantitative estimate of drug-likeness (QED) is 0.449. The first-order valence-electron chi connectivity index (χ1n) is 6.77. The van der Waals surface area contributed by atoms with E-state index >= 15 is 0 Å². The standard InChI is InChI=1S/C14H17N7OS/c1-20(2)11-5-3-4-10(8-11)13-18-19-14(21(13)16)23-9-12(22)17-7-6-15/h3-5,8H,7,9,16H2,1-2H3,(H,17,22). The molecule has 1 aromatic carbocycles. The van der Waals surface area contributed by atoms with Gasteiger partial charge in [-0.1, -0.05) is 23.9 Å². The number of nitrogens with one attached hydrogen (secondary N) is 1. The van der Waals surface area contributed by atoms with Gasteiger partial charge < -0.3 is 16.1 Å². The van der Waals surface area contributed by atoms with Crippen LogP contribution in [0.3, 0.4) is 0 Å². The average Bonchev–Trinajstić information content (AvgIpc) is 2.92. The Balaban J connectivity index is 2.12. The van der Waals surface area contributed by atoms with Crippen molar-refractivity contribution in [2.24, 2.45) is 0 Å². The van der Waals surface area contributed by atoms with Gasteiger partial charge in [-0.15, -0.1) is 10.2 Å². The van der Waals surface area contributed by atoms with Crippen LogP contribution < -0.4 is 16.1 Å². The van der Waals surface area contributed by atoms with E-state index in [0.29, 0.717) is 11.0 Å². The molecule has 0 bridgehead atoms. The summed E-state index contributed by atoms with van der Waals surface area (Å²) in [6.45, 7) is -0.0166. The minimum Gasteiger partial charge on any atom is -0.378 e. The van der Waals surface area contributed by atoms with Gasteiger partial charge in [-0.25, -0.2) is 4.68 Å². The lowest BCUT2D eigenvalue weighted by Crippen LogP contribution is -2.25. The molecule has 9 heteroatoms. The number of nitriles is 1. The number of hydrogen-bond acceptors (Lipinski definition) is 7. The highest BCUT2D eigenvalue weighted by atomic mass is 32.2. The first-order chi connectivity index (χ1) is 11.0. The van der Waals surface area contributed by atoms with Gasteiger partial charge in [0.15, 0.2) is 5.82 Å². The molecule has 0 radical (unpaired) electrons. The molecule has 1 heterocycles. The second kappa shape index (κ2) is 7.51. The Morgan fingerprint density at radius 2 is 2.26 bits per heavy atom. The van der Waals surface area contributed by atoms with Gasteiger partial charge in [-0.3, -0.25) is 4.79 Å². The maximum atomic E-state index is 11.5. The maximum Gasteiger partial charge on any atom is 0.231 e. The van der Waals surface area contributed by atoms with Crippen LogP contribution in [0.5, 0.6) is 0 Å². The molecule has 0 aliphatic heterocycles. The van der Waals surface area contributed by atoms with Crippen LogP contribution in [0.4, 0.5) is 5.69 Å². The molecule has 0 spiro atoms. The van der Waals surface area contributed by atoms with Crippen LogP contribution in [-0.2, 0) is 4.79 Å². The second-order valence-corrected chi connectivity index (χ2v) is 5.79. The molecule has 2 rings (SSSR count). The molecule has 0 saturated heterocycles. The normalized spacial score (nSPS) is 10.1. The number of rotatable bonds is 6. The smallest absolute Gasteiger partial charge is 0.231 e. The Morgan fingerprint density at radius 1 is 1.48 bits per heavy atom. The number of thioether (sulfide) groups is 1. The summed E-state index contributed by atoms with van der Waals surface area (Å²) < 4.78 is 1.36. The Kier molecular flexibility index (Phi) is 5.43. The maximum absolute atomic E-state index is 11.5. The van der Waals surface area contributed by atoms with Crippen LogP contribution in [0.2, 0.25) is 0 Å².